The molecule has 15 aromatic carbocycles. The molecule has 0 spiro atoms. The number of allylic oxidation sites excluding steroid dienone is 6. The van der Waals surface area contributed by atoms with Crippen molar-refractivity contribution >= 4 is 166 Å². The van der Waals surface area contributed by atoms with Crippen molar-refractivity contribution in [2.75, 3.05) is 19.6 Å². The molecule has 0 saturated carbocycles. The highest BCUT2D eigenvalue weighted by Gasteiger charge is 2.34. The summed E-state index contributed by atoms with van der Waals surface area (Å²) < 4.78 is 5.10. The molecular weight excluding hydrogens is 1390 g/mol. The van der Waals surface area contributed by atoms with Gasteiger partial charge in [0.15, 0.2) is 0 Å². The van der Waals surface area contributed by atoms with E-state index in [1.165, 1.54) is 117 Å². The molecule has 21 rings (SSSR count). The lowest BCUT2D eigenvalue weighted by molar-refractivity contribution is 0.881. The van der Waals surface area contributed by atoms with Gasteiger partial charge in [-0.25, -0.2) is 0 Å². The fourth-order valence-corrected chi connectivity index (χ4v) is 21.3. The SMILES string of the molecule is C1=CC2Sc3cc(N(c4ccc(-c5ccc6ccccc6c5)cc4)c4cccc5c4sc4ccc(N(c6ccccc6)c6ccccc6)cc45)ccc3C2C=C1.C1=CC2Sc3cc(N(c4ccc(-c5ccccc5)cc4)c4cccc5c4sc4ccc(N(c6ccccc6)c6ccccc6)cc45)ccc3C2C=C1. The van der Waals surface area contributed by atoms with Crippen LogP contribution in [0.2, 0.25) is 0 Å². The lowest BCUT2D eigenvalue weighted by atomic mass is 9.92. The van der Waals surface area contributed by atoms with Crippen LogP contribution in [0.1, 0.15) is 23.0 Å². The van der Waals surface area contributed by atoms with Gasteiger partial charge in [0.2, 0.25) is 0 Å². The topological polar surface area (TPSA) is 13.0 Å². The van der Waals surface area contributed by atoms with Crippen LogP contribution in [0.5, 0.6) is 0 Å². The molecule has 2 aliphatic heterocycles. The minimum atomic E-state index is 0.426. The van der Waals surface area contributed by atoms with Crippen molar-refractivity contribution in [1.29, 1.82) is 0 Å². The first-order valence-corrected chi connectivity index (χ1v) is 40.3. The first kappa shape index (κ1) is 65.4. The van der Waals surface area contributed by atoms with Gasteiger partial charge in [-0.1, -0.05) is 249 Å². The molecule has 0 fully saturated rings. The minimum Gasteiger partial charge on any atom is -0.310 e. The molecule has 2 aliphatic carbocycles. The molecule has 0 radical (unpaired) electrons. The van der Waals surface area contributed by atoms with Crippen molar-refractivity contribution in [3.63, 3.8) is 0 Å². The second-order valence-electron chi connectivity index (χ2n) is 27.8. The number of fused-ring (bicyclic) bond motifs is 13. The highest BCUT2D eigenvalue weighted by molar-refractivity contribution is 8.00. The third-order valence-electron chi connectivity index (χ3n) is 21.3. The second-order valence-corrected chi connectivity index (χ2v) is 32.3. The number of rotatable bonds is 14. The van der Waals surface area contributed by atoms with Crippen LogP contribution >= 0.6 is 46.2 Å². The molecule has 4 unspecified atom stereocenters. The smallest absolute Gasteiger partial charge is 0.0640 e. The Balaban J connectivity index is 0.000000143. The quantitative estimate of drug-likeness (QED) is 0.107. The van der Waals surface area contributed by atoms with Crippen LogP contribution in [-0.4, -0.2) is 10.5 Å². The molecule has 17 aromatic rings. The lowest BCUT2D eigenvalue weighted by Crippen LogP contribution is -2.10. The van der Waals surface area contributed by atoms with E-state index < -0.39 is 0 Å². The molecule has 108 heavy (non-hydrogen) atoms. The normalized spacial score (nSPS) is 15.7. The fraction of sp³-hybridized carbons (Fsp3) is 0.0400. The van der Waals surface area contributed by atoms with E-state index in [2.05, 4.69) is 420 Å². The van der Waals surface area contributed by atoms with Crippen LogP contribution in [0, 0.1) is 0 Å². The Kier molecular flexibility index (Phi) is 17.1. The van der Waals surface area contributed by atoms with Gasteiger partial charge in [0.1, 0.15) is 0 Å². The summed E-state index contributed by atoms with van der Waals surface area (Å²) in [6.07, 6.45) is 18.2. The fourth-order valence-electron chi connectivity index (χ4n) is 16.2. The van der Waals surface area contributed by atoms with Crippen molar-refractivity contribution in [2.24, 2.45) is 0 Å². The third-order valence-corrected chi connectivity index (χ3v) is 26.4. The summed E-state index contributed by atoms with van der Waals surface area (Å²) in [5.41, 5.74) is 21.6. The van der Waals surface area contributed by atoms with Crippen molar-refractivity contribution in [3.05, 3.63) is 412 Å². The lowest BCUT2D eigenvalue weighted by Gasteiger charge is -2.27. The van der Waals surface area contributed by atoms with E-state index in [0.29, 0.717) is 22.3 Å². The number of anilines is 12. The van der Waals surface area contributed by atoms with E-state index in [9.17, 15) is 0 Å². The van der Waals surface area contributed by atoms with E-state index in [-0.39, 0.29) is 0 Å². The van der Waals surface area contributed by atoms with Gasteiger partial charge in [0.05, 0.1) is 20.8 Å². The summed E-state index contributed by atoms with van der Waals surface area (Å²) in [7, 11) is 0. The molecule has 4 atom stereocenters. The number of benzene rings is 15. The van der Waals surface area contributed by atoms with Crippen molar-refractivity contribution in [3.8, 4) is 22.3 Å². The summed E-state index contributed by atoms with van der Waals surface area (Å²) in [5.74, 6) is 0.861. The molecule has 8 heteroatoms. The van der Waals surface area contributed by atoms with E-state index in [1.807, 2.05) is 46.2 Å². The number of para-hydroxylation sites is 4. The van der Waals surface area contributed by atoms with Crippen LogP contribution in [0.25, 0.3) is 73.4 Å². The first-order valence-electron chi connectivity index (χ1n) is 36.9. The van der Waals surface area contributed by atoms with Crippen molar-refractivity contribution in [2.45, 2.75) is 32.1 Å². The summed E-state index contributed by atoms with van der Waals surface area (Å²) in [5, 5.41) is 8.49. The molecule has 2 aromatic heterocycles. The third kappa shape index (κ3) is 12.2. The van der Waals surface area contributed by atoms with Gasteiger partial charge in [0.25, 0.3) is 0 Å². The first-order chi connectivity index (χ1) is 53.5. The Hall–Kier alpha value is -12.1. The van der Waals surface area contributed by atoms with Gasteiger partial charge in [0, 0.05) is 120 Å². The van der Waals surface area contributed by atoms with Gasteiger partial charge < -0.3 is 19.6 Å². The summed E-state index contributed by atoms with van der Waals surface area (Å²) in [6.45, 7) is 0. The van der Waals surface area contributed by atoms with E-state index in [0.717, 1.165) is 45.5 Å². The molecule has 4 heterocycles. The Morgan fingerprint density at radius 1 is 0.222 bits per heavy atom. The number of nitrogens with zero attached hydrogens (tertiary/aromatic N) is 4. The number of hydrogen-bond acceptors (Lipinski definition) is 8. The van der Waals surface area contributed by atoms with Gasteiger partial charge in [-0.3, -0.25) is 0 Å². The zero-order valence-electron chi connectivity index (χ0n) is 58.8. The van der Waals surface area contributed by atoms with Crippen LogP contribution in [0.3, 0.4) is 0 Å². The summed E-state index contributed by atoms with van der Waals surface area (Å²) >= 11 is 7.72. The number of hydrogen-bond donors (Lipinski definition) is 0. The molecule has 0 bridgehead atoms. The average molecular weight is 1460 g/mol. The molecule has 0 amide bonds. The molecule has 514 valence electrons. The zero-order chi connectivity index (χ0) is 71.4. The van der Waals surface area contributed by atoms with Crippen molar-refractivity contribution < 1.29 is 0 Å². The van der Waals surface area contributed by atoms with Gasteiger partial charge in [-0.2, -0.15) is 0 Å². The second kappa shape index (κ2) is 28.3. The maximum atomic E-state index is 2.47. The van der Waals surface area contributed by atoms with E-state index >= 15 is 0 Å². The molecule has 0 saturated heterocycles. The molecular formula is C100H70N4S4. The summed E-state index contributed by atoms with van der Waals surface area (Å²) in [4.78, 5) is 12.4. The van der Waals surface area contributed by atoms with Gasteiger partial charge in [-0.15, -0.1) is 46.2 Å². The van der Waals surface area contributed by atoms with Gasteiger partial charge in [-0.05, 0) is 196 Å². The summed E-state index contributed by atoms with van der Waals surface area (Å²) in [6, 6.07) is 128. The highest BCUT2D eigenvalue weighted by Crippen LogP contribution is 2.55. The Morgan fingerprint density at radius 2 is 0.574 bits per heavy atom. The maximum absolute atomic E-state index is 2.47. The highest BCUT2D eigenvalue weighted by atomic mass is 32.2. The monoisotopic (exact) mass is 1450 g/mol. The Morgan fingerprint density at radius 3 is 1.03 bits per heavy atom. The largest absolute Gasteiger partial charge is 0.310 e. The number of thiophene rings is 2. The van der Waals surface area contributed by atoms with Crippen LogP contribution < -0.4 is 19.6 Å². The Bertz CT molecular complexity index is 6270. The van der Waals surface area contributed by atoms with Crippen LogP contribution in [-0.2, 0) is 0 Å². The average Bonchev–Trinajstić information content (AvgIpc) is 1.54. The van der Waals surface area contributed by atoms with Crippen LogP contribution in [0.4, 0.5) is 68.2 Å². The molecule has 4 nitrogen and oxygen atoms in total. The van der Waals surface area contributed by atoms with E-state index in [1.54, 1.807) is 0 Å². The minimum absolute atomic E-state index is 0.426. The van der Waals surface area contributed by atoms with Crippen molar-refractivity contribution in [1.82, 2.24) is 0 Å². The number of thioether (sulfide) groups is 2. The zero-order valence-corrected chi connectivity index (χ0v) is 62.1. The maximum Gasteiger partial charge on any atom is 0.0640 e. The molecule has 4 aliphatic rings. The Labute approximate surface area is 646 Å². The molecule has 0 N–H and O–H groups in total. The van der Waals surface area contributed by atoms with E-state index in [4.69, 9.17) is 0 Å². The standard InChI is InChI=1S/C52H36N2S2.C48H34N2S2/c1-3-14-39(15-4-1)53(40-16-5-2-6-17-40)42-29-31-50-47(33-42)46-19-11-20-48(52(46)56-50)54(43-28-30-45-44-18-9-10-21-49(44)55-51(45)34-43)41-26-24-36(25-27-41)38-23-22-35-12-7-8-13-37(35)32-38;1-4-13-33(14-5-1)34-23-25-37(26-24-34)50(39-27-29-41-40-19-10-11-22-45(40)51-47(41)32-39)44-21-12-20-42-43-31-38(28-30-46(43)52-48(42)44)49(35-15-6-2-7-16-35)36-17-8-3-9-18-36/h1-34,44,49H;1-32,40,45H. The predicted octanol–water partition coefficient (Wildman–Crippen LogP) is 29.8. The van der Waals surface area contributed by atoms with Crippen LogP contribution in [0.15, 0.2) is 410 Å². The van der Waals surface area contributed by atoms with Gasteiger partial charge >= 0.3 is 0 Å². The predicted molar refractivity (Wildman–Crippen MR) is 467 cm³/mol.